The molecule has 0 spiro atoms. The van der Waals surface area contributed by atoms with Crippen molar-refractivity contribution in [2.75, 3.05) is 6.61 Å². The molecule has 0 radical (unpaired) electrons. The van der Waals surface area contributed by atoms with E-state index < -0.39 is 40.6 Å². The first kappa shape index (κ1) is 30.0. The van der Waals surface area contributed by atoms with Gasteiger partial charge in [0.05, 0.1) is 6.61 Å². The van der Waals surface area contributed by atoms with E-state index in [9.17, 15) is 22.8 Å². The smallest absolute Gasteiger partial charge is 0.328 e. The zero-order valence-electron chi connectivity index (χ0n) is 21.0. The van der Waals surface area contributed by atoms with E-state index in [1.54, 1.807) is 0 Å². The number of rotatable bonds is 18. The summed E-state index contributed by atoms with van der Waals surface area (Å²) in [4.78, 5) is 24.6. The molecular weight excluding hydrogens is 445 g/mol. The topological polar surface area (TPSA) is 52.6 Å². The fourth-order valence-corrected chi connectivity index (χ4v) is 3.54. The molecule has 194 valence electrons. The normalized spacial score (nSPS) is 11.5. The van der Waals surface area contributed by atoms with Crippen LogP contribution in [-0.2, 0) is 14.3 Å². The molecule has 0 aromatic heterocycles. The number of carbonyl (C=O) groups excluding carboxylic acids is 2. The summed E-state index contributed by atoms with van der Waals surface area (Å²) >= 11 is 0. The highest BCUT2D eigenvalue weighted by Crippen LogP contribution is 2.26. The standard InChI is InChI=1S/C27H41F3O4/c1-4-5-6-7-8-9-10-11-12-13-14-15-16-17-20-33-25(31)27(2,3)26(32)34-22-19-18-21(28)23(29)24(22)30/h18-19H,4-17,20H2,1-3H3. The minimum Gasteiger partial charge on any atom is -0.465 e. The molecule has 0 aliphatic carbocycles. The van der Waals surface area contributed by atoms with Crippen LogP contribution in [0.15, 0.2) is 12.1 Å². The Labute approximate surface area is 202 Å². The van der Waals surface area contributed by atoms with Gasteiger partial charge in [-0.2, -0.15) is 4.39 Å². The Balaban J connectivity index is 2.13. The zero-order chi connectivity index (χ0) is 25.4. The van der Waals surface area contributed by atoms with Gasteiger partial charge in [-0.25, -0.2) is 8.78 Å². The Morgan fingerprint density at radius 2 is 1.18 bits per heavy atom. The van der Waals surface area contributed by atoms with Crippen molar-refractivity contribution in [2.24, 2.45) is 5.41 Å². The minimum atomic E-state index is -1.75. The van der Waals surface area contributed by atoms with Gasteiger partial charge in [0.25, 0.3) is 0 Å². The second kappa shape index (κ2) is 16.6. The molecule has 0 amide bonds. The lowest BCUT2D eigenvalue weighted by molar-refractivity contribution is -0.164. The molecular formula is C27H41F3O4. The molecule has 0 heterocycles. The molecule has 0 aliphatic heterocycles. The molecule has 1 aromatic rings. The maximum atomic E-state index is 13.7. The molecule has 0 fully saturated rings. The monoisotopic (exact) mass is 486 g/mol. The van der Waals surface area contributed by atoms with Crippen LogP contribution >= 0.6 is 0 Å². The number of benzene rings is 1. The van der Waals surface area contributed by atoms with Gasteiger partial charge in [0.2, 0.25) is 5.82 Å². The van der Waals surface area contributed by atoms with Gasteiger partial charge in [0, 0.05) is 0 Å². The Morgan fingerprint density at radius 1 is 0.706 bits per heavy atom. The highest BCUT2D eigenvalue weighted by Gasteiger charge is 2.40. The maximum Gasteiger partial charge on any atom is 0.328 e. The van der Waals surface area contributed by atoms with Crippen LogP contribution in [0.4, 0.5) is 13.2 Å². The van der Waals surface area contributed by atoms with Crippen molar-refractivity contribution >= 4 is 11.9 Å². The fraction of sp³-hybridized carbons (Fsp3) is 0.704. The summed E-state index contributed by atoms with van der Waals surface area (Å²) in [6.07, 6.45) is 17.0. The molecule has 0 aliphatic rings. The molecule has 4 nitrogen and oxygen atoms in total. The van der Waals surface area contributed by atoms with Crippen LogP contribution in [0.1, 0.15) is 111 Å². The number of esters is 2. The first-order valence-corrected chi connectivity index (χ1v) is 12.7. The number of hydrogen-bond acceptors (Lipinski definition) is 4. The van der Waals surface area contributed by atoms with Crippen molar-refractivity contribution in [1.82, 2.24) is 0 Å². The highest BCUT2D eigenvalue weighted by molar-refractivity contribution is 5.99. The van der Waals surface area contributed by atoms with Crippen LogP contribution in [0.25, 0.3) is 0 Å². The fourth-order valence-electron chi connectivity index (χ4n) is 3.54. The SMILES string of the molecule is CCCCCCCCCCCCCCCCOC(=O)C(C)(C)C(=O)Oc1ccc(F)c(F)c1F. The van der Waals surface area contributed by atoms with Gasteiger partial charge in [-0.1, -0.05) is 90.4 Å². The van der Waals surface area contributed by atoms with Gasteiger partial charge in [-0.05, 0) is 32.4 Å². The van der Waals surface area contributed by atoms with Crippen LogP contribution in [0.3, 0.4) is 0 Å². The van der Waals surface area contributed by atoms with E-state index in [-0.39, 0.29) is 6.61 Å². The summed E-state index contributed by atoms with van der Waals surface area (Å²) in [5, 5.41) is 0. The molecule has 0 unspecified atom stereocenters. The highest BCUT2D eigenvalue weighted by atomic mass is 19.2. The first-order chi connectivity index (χ1) is 16.2. The minimum absolute atomic E-state index is 0.174. The second-order valence-electron chi connectivity index (χ2n) is 9.42. The van der Waals surface area contributed by atoms with E-state index in [4.69, 9.17) is 9.47 Å². The summed E-state index contributed by atoms with van der Waals surface area (Å²) in [6, 6.07) is 1.43. The predicted octanol–water partition coefficient (Wildman–Crippen LogP) is 8.06. The lowest BCUT2D eigenvalue weighted by Gasteiger charge is -2.20. The zero-order valence-corrected chi connectivity index (χ0v) is 21.0. The van der Waals surface area contributed by atoms with E-state index in [2.05, 4.69) is 6.92 Å². The molecule has 34 heavy (non-hydrogen) atoms. The second-order valence-corrected chi connectivity index (χ2v) is 9.42. The average Bonchev–Trinajstić information content (AvgIpc) is 2.81. The first-order valence-electron chi connectivity index (χ1n) is 12.7. The summed E-state index contributed by atoms with van der Waals surface area (Å²) in [6.45, 7) is 4.97. The summed E-state index contributed by atoms with van der Waals surface area (Å²) < 4.78 is 50.0. The van der Waals surface area contributed by atoms with Gasteiger partial charge in [-0.3, -0.25) is 9.59 Å². The van der Waals surface area contributed by atoms with Crippen molar-refractivity contribution < 1.29 is 32.2 Å². The van der Waals surface area contributed by atoms with Crippen molar-refractivity contribution in [3.8, 4) is 5.75 Å². The van der Waals surface area contributed by atoms with Crippen molar-refractivity contribution in [3.63, 3.8) is 0 Å². The van der Waals surface area contributed by atoms with E-state index in [1.807, 2.05) is 0 Å². The molecule has 0 saturated heterocycles. The molecule has 7 heteroatoms. The lowest BCUT2D eigenvalue weighted by Crippen LogP contribution is -2.38. The quantitative estimate of drug-likeness (QED) is 0.0692. The number of ether oxygens (including phenoxy) is 2. The van der Waals surface area contributed by atoms with Crippen LogP contribution in [0.5, 0.6) is 5.75 Å². The van der Waals surface area contributed by atoms with Gasteiger partial charge in [0.15, 0.2) is 22.8 Å². The summed E-state index contributed by atoms with van der Waals surface area (Å²) in [5.74, 6) is -7.47. The van der Waals surface area contributed by atoms with Crippen LogP contribution in [0.2, 0.25) is 0 Å². The van der Waals surface area contributed by atoms with Gasteiger partial charge < -0.3 is 9.47 Å². The average molecular weight is 487 g/mol. The van der Waals surface area contributed by atoms with E-state index in [1.165, 1.54) is 78.1 Å². The summed E-state index contributed by atoms with van der Waals surface area (Å²) in [7, 11) is 0. The number of hydrogen-bond donors (Lipinski definition) is 0. The van der Waals surface area contributed by atoms with Crippen LogP contribution in [-0.4, -0.2) is 18.5 Å². The van der Waals surface area contributed by atoms with E-state index >= 15 is 0 Å². The number of unbranched alkanes of at least 4 members (excludes halogenated alkanes) is 13. The molecule has 0 N–H and O–H groups in total. The van der Waals surface area contributed by atoms with Gasteiger partial charge in [0.1, 0.15) is 0 Å². The third kappa shape index (κ3) is 10.9. The molecule has 0 atom stereocenters. The van der Waals surface area contributed by atoms with Gasteiger partial charge in [-0.15, -0.1) is 0 Å². The van der Waals surface area contributed by atoms with Crippen molar-refractivity contribution in [1.29, 1.82) is 0 Å². The number of halogens is 3. The van der Waals surface area contributed by atoms with Crippen molar-refractivity contribution in [3.05, 3.63) is 29.6 Å². The number of carbonyl (C=O) groups is 2. The predicted molar refractivity (Wildman–Crippen MR) is 127 cm³/mol. The Morgan fingerprint density at radius 3 is 1.68 bits per heavy atom. The van der Waals surface area contributed by atoms with Crippen LogP contribution in [0, 0.1) is 22.9 Å². The van der Waals surface area contributed by atoms with E-state index in [0.717, 1.165) is 25.3 Å². The van der Waals surface area contributed by atoms with Crippen molar-refractivity contribution in [2.45, 2.75) is 111 Å². The third-order valence-corrected chi connectivity index (χ3v) is 5.95. The summed E-state index contributed by atoms with van der Waals surface area (Å²) in [5.41, 5.74) is -1.71. The van der Waals surface area contributed by atoms with Crippen LogP contribution < -0.4 is 4.74 Å². The maximum absolute atomic E-state index is 13.7. The molecule has 1 aromatic carbocycles. The Hall–Kier alpha value is -2.05. The Bertz CT molecular complexity index is 750. The third-order valence-electron chi connectivity index (χ3n) is 5.95. The largest absolute Gasteiger partial charge is 0.465 e. The van der Waals surface area contributed by atoms with E-state index in [0.29, 0.717) is 12.5 Å². The lowest BCUT2D eigenvalue weighted by atomic mass is 9.94. The van der Waals surface area contributed by atoms with Gasteiger partial charge >= 0.3 is 11.9 Å². The molecule has 1 rings (SSSR count). The molecule has 0 saturated carbocycles. The molecule has 0 bridgehead atoms. The Kier molecular flexibility index (Phi) is 14.6.